The first-order valence-corrected chi connectivity index (χ1v) is 9.16. The largest absolute Gasteiger partial charge is 0.483 e. The second-order valence-electron chi connectivity index (χ2n) is 7.40. The van der Waals surface area contributed by atoms with E-state index in [1.54, 1.807) is 6.92 Å². The molecule has 3 rings (SSSR count). The molecule has 6 heteroatoms. The number of amides is 1. The maximum Gasteiger partial charge on any atom is 0.290 e. The Hall–Kier alpha value is -1.14. The molecule has 0 aromatic heterocycles. The number of hydrogen-bond acceptors (Lipinski definition) is 4. The standard InChI is InChI=1S/C17H30N2O2.CH2O2/c1-14(20)18-11-6-15(7-12-18)19-10-4-9-17(13-19)8-3-5-16(17)21-2;2-1-3/h15-16H,3-13H2,1-2H3;1H,(H,2,3)/t16-,17-;/m1./s1. The number of carbonyl (C=O) groups excluding carboxylic acids is 1. The summed E-state index contributed by atoms with van der Waals surface area (Å²) < 4.78 is 5.81. The van der Waals surface area contributed by atoms with Crippen LogP contribution in [0.3, 0.4) is 0 Å². The SMILES string of the molecule is CO[C@@H]1CCC[C@]12CCCN(C1CCN(C(C)=O)CC1)C2.O=CO. The Kier molecular flexibility index (Phi) is 7.04. The summed E-state index contributed by atoms with van der Waals surface area (Å²) >= 11 is 0. The number of rotatable bonds is 2. The molecule has 0 radical (unpaired) electrons. The first-order valence-electron chi connectivity index (χ1n) is 9.16. The van der Waals surface area contributed by atoms with Gasteiger partial charge in [0.05, 0.1) is 6.10 Å². The van der Waals surface area contributed by atoms with Crippen LogP contribution in [-0.4, -0.2) is 72.7 Å². The lowest BCUT2D eigenvalue weighted by Crippen LogP contribution is -2.54. The highest BCUT2D eigenvalue weighted by molar-refractivity contribution is 5.73. The maximum atomic E-state index is 11.5. The molecule has 1 N–H and O–H groups in total. The van der Waals surface area contributed by atoms with E-state index < -0.39 is 0 Å². The van der Waals surface area contributed by atoms with E-state index >= 15 is 0 Å². The molecule has 3 fully saturated rings. The average molecular weight is 340 g/mol. The third-order valence-electron chi connectivity index (χ3n) is 6.17. The number of nitrogens with zero attached hydrogens (tertiary/aromatic N) is 2. The third-order valence-corrected chi connectivity index (χ3v) is 6.17. The summed E-state index contributed by atoms with van der Waals surface area (Å²) in [5.41, 5.74) is 0.421. The fourth-order valence-corrected chi connectivity index (χ4v) is 5.00. The smallest absolute Gasteiger partial charge is 0.290 e. The van der Waals surface area contributed by atoms with Gasteiger partial charge in [0.15, 0.2) is 0 Å². The Morgan fingerprint density at radius 1 is 1.17 bits per heavy atom. The molecular weight excluding hydrogens is 308 g/mol. The van der Waals surface area contributed by atoms with Crippen molar-refractivity contribution in [2.24, 2.45) is 5.41 Å². The van der Waals surface area contributed by atoms with Gasteiger partial charge in [-0.3, -0.25) is 14.5 Å². The van der Waals surface area contributed by atoms with Crippen molar-refractivity contribution in [2.45, 2.75) is 64.0 Å². The lowest BCUT2D eigenvalue weighted by atomic mass is 9.76. The topological polar surface area (TPSA) is 70.1 Å². The van der Waals surface area contributed by atoms with E-state index in [0.29, 0.717) is 17.6 Å². The van der Waals surface area contributed by atoms with Crippen LogP contribution in [0.15, 0.2) is 0 Å². The van der Waals surface area contributed by atoms with E-state index in [-0.39, 0.29) is 12.4 Å². The van der Waals surface area contributed by atoms with Crippen molar-refractivity contribution in [1.82, 2.24) is 9.80 Å². The fourth-order valence-electron chi connectivity index (χ4n) is 5.00. The number of piperidine rings is 2. The number of likely N-dealkylation sites (tertiary alicyclic amines) is 2. The highest BCUT2D eigenvalue weighted by Crippen LogP contribution is 2.47. The van der Waals surface area contributed by atoms with Crippen molar-refractivity contribution in [3.8, 4) is 0 Å². The van der Waals surface area contributed by atoms with Crippen LogP contribution in [0.5, 0.6) is 0 Å². The van der Waals surface area contributed by atoms with Gasteiger partial charge in [-0.15, -0.1) is 0 Å². The molecule has 0 bridgehead atoms. The molecule has 138 valence electrons. The molecule has 0 unspecified atom stereocenters. The maximum absolute atomic E-state index is 11.5. The number of carbonyl (C=O) groups is 2. The Labute approximate surface area is 145 Å². The number of ether oxygens (including phenoxy) is 1. The average Bonchev–Trinajstić information content (AvgIpc) is 2.97. The summed E-state index contributed by atoms with van der Waals surface area (Å²) in [5, 5.41) is 6.89. The molecule has 1 spiro atoms. The van der Waals surface area contributed by atoms with Crippen molar-refractivity contribution in [2.75, 3.05) is 33.3 Å². The summed E-state index contributed by atoms with van der Waals surface area (Å²) in [4.78, 5) is 24.5. The molecule has 1 saturated carbocycles. The Balaban J connectivity index is 0.000000647. The van der Waals surface area contributed by atoms with Crippen LogP contribution in [0, 0.1) is 5.41 Å². The molecule has 6 nitrogen and oxygen atoms in total. The van der Waals surface area contributed by atoms with E-state index in [9.17, 15) is 4.79 Å². The van der Waals surface area contributed by atoms with Crippen molar-refractivity contribution in [3.63, 3.8) is 0 Å². The van der Waals surface area contributed by atoms with Crippen LogP contribution in [-0.2, 0) is 14.3 Å². The predicted molar refractivity (Wildman–Crippen MR) is 91.9 cm³/mol. The minimum Gasteiger partial charge on any atom is -0.483 e. The molecule has 24 heavy (non-hydrogen) atoms. The van der Waals surface area contributed by atoms with Crippen LogP contribution in [0.2, 0.25) is 0 Å². The highest BCUT2D eigenvalue weighted by Gasteiger charge is 2.46. The second kappa shape index (κ2) is 8.81. The Morgan fingerprint density at radius 3 is 2.38 bits per heavy atom. The zero-order valence-corrected chi connectivity index (χ0v) is 15.1. The van der Waals surface area contributed by atoms with Gasteiger partial charge < -0.3 is 14.7 Å². The second-order valence-corrected chi connectivity index (χ2v) is 7.40. The van der Waals surface area contributed by atoms with E-state index in [1.165, 1.54) is 45.2 Å². The van der Waals surface area contributed by atoms with Crippen LogP contribution in [0.1, 0.15) is 51.9 Å². The van der Waals surface area contributed by atoms with Gasteiger partial charge in [0.2, 0.25) is 5.91 Å². The van der Waals surface area contributed by atoms with Gasteiger partial charge in [0, 0.05) is 45.1 Å². The zero-order chi connectivity index (χ0) is 17.6. The molecule has 1 amide bonds. The van der Waals surface area contributed by atoms with Gasteiger partial charge in [0.1, 0.15) is 0 Å². The monoisotopic (exact) mass is 340 g/mol. The van der Waals surface area contributed by atoms with Crippen LogP contribution >= 0.6 is 0 Å². The number of carboxylic acid groups (broad SMARTS) is 1. The van der Waals surface area contributed by atoms with E-state index in [2.05, 4.69) is 4.90 Å². The van der Waals surface area contributed by atoms with Crippen molar-refractivity contribution in [3.05, 3.63) is 0 Å². The minimum absolute atomic E-state index is 0.235. The molecule has 0 aromatic carbocycles. The van der Waals surface area contributed by atoms with Crippen molar-refractivity contribution < 1.29 is 19.4 Å². The van der Waals surface area contributed by atoms with Gasteiger partial charge in [-0.25, -0.2) is 0 Å². The summed E-state index contributed by atoms with van der Waals surface area (Å²) in [6.45, 7) is 5.78. The van der Waals surface area contributed by atoms with Crippen molar-refractivity contribution in [1.29, 1.82) is 0 Å². The van der Waals surface area contributed by atoms with Gasteiger partial charge in [-0.05, 0) is 45.1 Å². The minimum atomic E-state index is -0.250. The van der Waals surface area contributed by atoms with Crippen LogP contribution < -0.4 is 0 Å². The number of hydrogen-bond donors (Lipinski definition) is 1. The fraction of sp³-hybridized carbons (Fsp3) is 0.889. The quantitative estimate of drug-likeness (QED) is 0.779. The summed E-state index contributed by atoms with van der Waals surface area (Å²) in [5.74, 6) is 0.235. The molecule has 2 saturated heterocycles. The summed E-state index contributed by atoms with van der Waals surface area (Å²) in [6, 6.07) is 0.677. The first-order chi connectivity index (χ1) is 11.6. The Morgan fingerprint density at radius 2 is 1.79 bits per heavy atom. The molecule has 2 heterocycles. The summed E-state index contributed by atoms with van der Waals surface area (Å²) in [7, 11) is 1.89. The number of methoxy groups -OCH3 is 1. The molecule has 1 aliphatic carbocycles. The zero-order valence-electron chi connectivity index (χ0n) is 15.1. The van der Waals surface area contributed by atoms with Gasteiger partial charge >= 0.3 is 0 Å². The van der Waals surface area contributed by atoms with Crippen LogP contribution in [0.25, 0.3) is 0 Å². The van der Waals surface area contributed by atoms with Gasteiger partial charge in [-0.1, -0.05) is 6.42 Å². The molecule has 3 aliphatic rings. The van der Waals surface area contributed by atoms with E-state index in [1.807, 2.05) is 12.0 Å². The van der Waals surface area contributed by atoms with Gasteiger partial charge in [0.25, 0.3) is 6.47 Å². The molecule has 0 aromatic rings. The van der Waals surface area contributed by atoms with E-state index in [4.69, 9.17) is 14.6 Å². The lowest BCUT2D eigenvalue weighted by molar-refractivity contribution is -0.130. The first kappa shape index (κ1) is 19.2. The predicted octanol–water partition coefficient (Wildman–Crippen LogP) is 1.98. The molecule has 2 aliphatic heterocycles. The molecular formula is C18H32N2O4. The molecule has 2 atom stereocenters. The van der Waals surface area contributed by atoms with Crippen LogP contribution in [0.4, 0.5) is 0 Å². The van der Waals surface area contributed by atoms with Crippen molar-refractivity contribution >= 4 is 12.4 Å². The summed E-state index contributed by atoms with van der Waals surface area (Å²) in [6.07, 6.45) is 9.33. The third kappa shape index (κ3) is 4.28. The normalized spacial score (nSPS) is 31.6. The Bertz CT molecular complexity index is 423. The lowest BCUT2D eigenvalue weighted by Gasteiger charge is -2.48. The van der Waals surface area contributed by atoms with Gasteiger partial charge in [-0.2, -0.15) is 0 Å². The highest BCUT2D eigenvalue weighted by atomic mass is 16.5. The van der Waals surface area contributed by atoms with E-state index in [0.717, 1.165) is 25.9 Å².